The first-order valence-electron chi connectivity index (χ1n) is 7.66. The van der Waals surface area contributed by atoms with Crippen LogP contribution in [-0.4, -0.2) is 55.7 Å². The van der Waals surface area contributed by atoms with Gasteiger partial charge in [0, 0.05) is 0 Å². The van der Waals surface area contributed by atoms with Crippen LogP contribution in [0.15, 0.2) is 0 Å². The summed E-state index contributed by atoms with van der Waals surface area (Å²) < 4.78 is 28.6. The standard InChI is InChI=1S/C13H20Cl6NO8P/c1-7(8(9(21)22)20-10(23)27-11(2,3)4)28-29(24,25-5-12(14,15)16)26-6-13(17,18)19/h7-8H,5-6H2,1-4H3,(H,20,23)(H,21,22)/t7-,8+/m1/s1. The van der Waals surface area contributed by atoms with Crippen LogP contribution in [-0.2, 0) is 27.7 Å². The third-order valence-electron chi connectivity index (χ3n) is 2.48. The Morgan fingerprint density at radius 3 is 1.72 bits per heavy atom. The molecule has 2 N–H and O–H groups in total. The number of ether oxygens (including phenoxy) is 1. The van der Waals surface area contributed by atoms with E-state index < -0.39 is 58.4 Å². The van der Waals surface area contributed by atoms with E-state index in [4.69, 9.17) is 87.9 Å². The van der Waals surface area contributed by atoms with Gasteiger partial charge in [-0.3, -0.25) is 13.6 Å². The largest absolute Gasteiger partial charge is 0.480 e. The van der Waals surface area contributed by atoms with Gasteiger partial charge in [0.05, 0.1) is 6.10 Å². The van der Waals surface area contributed by atoms with Gasteiger partial charge >= 0.3 is 19.9 Å². The van der Waals surface area contributed by atoms with Crippen LogP contribution < -0.4 is 5.32 Å². The summed E-state index contributed by atoms with van der Waals surface area (Å²) >= 11 is 33.2. The molecule has 29 heavy (non-hydrogen) atoms. The zero-order valence-electron chi connectivity index (χ0n) is 15.6. The number of alkyl halides is 6. The molecule has 0 aromatic heterocycles. The summed E-state index contributed by atoms with van der Waals surface area (Å²) in [5.41, 5.74) is -0.895. The van der Waals surface area contributed by atoms with Crippen LogP contribution in [0.2, 0.25) is 0 Å². The summed E-state index contributed by atoms with van der Waals surface area (Å²) in [5.74, 6) is -1.53. The summed E-state index contributed by atoms with van der Waals surface area (Å²) in [4.78, 5) is 23.4. The van der Waals surface area contributed by atoms with Crippen molar-refractivity contribution in [2.45, 2.75) is 53.0 Å². The lowest BCUT2D eigenvalue weighted by Crippen LogP contribution is -2.49. The topological polar surface area (TPSA) is 120 Å². The molecule has 2 atom stereocenters. The molecule has 0 rings (SSSR count). The van der Waals surface area contributed by atoms with Gasteiger partial charge in [0.25, 0.3) is 0 Å². The average molecular weight is 562 g/mol. The number of rotatable bonds is 9. The fourth-order valence-corrected chi connectivity index (χ4v) is 3.69. The maximum atomic E-state index is 12.8. The number of phosphoric acid groups is 1. The van der Waals surface area contributed by atoms with E-state index in [-0.39, 0.29) is 0 Å². The predicted octanol–water partition coefficient (Wildman–Crippen LogP) is 5.25. The van der Waals surface area contributed by atoms with Crippen LogP contribution in [0, 0.1) is 0 Å². The van der Waals surface area contributed by atoms with Crippen molar-refractivity contribution in [1.82, 2.24) is 5.32 Å². The van der Waals surface area contributed by atoms with Crippen LogP contribution in [0.3, 0.4) is 0 Å². The summed E-state index contributed by atoms with van der Waals surface area (Å²) in [7, 11) is -4.61. The van der Waals surface area contributed by atoms with Crippen molar-refractivity contribution in [3.63, 3.8) is 0 Å². The molecule has 0 aliphatic heterocycles. The van der Waals surface area contributed by atoms with E-state index in [1.54, 1.807) is 20.8 Å². The summed E-state index contributed by atoms with van der Waals surface area (Å²) in [6.07, 6.45) is -2.53. The minimum absolute atomic E-state index is 0.765. The van der Waals surface area contributed by atoms with Gasteiger partial charge in [-0.15, -0.1) is 0 Å². The molecule has 0 aliphatic rings. The second-order valence-electron chi connectivity index (χ2n) is 6.50. The monoisotopic (exact) mass is 559 g/mol. The molecule has 9 nitrogen and oxygen atoms in total. The molecule has 0 bridgehead atoms. The molecule has 0 fully saturated rings. The molecule has 0 aliphatic carbocycles. The van der Waals surface area contributed by atoms with Gasteiger partial charge in [0.2, 0.25) is 7.59 Å². The van der Waals surface area contributed by atoms with Gasteiger partial charge in [0.15, 0.2) is 6.04 Å². The number of amides is 1. The number of carbonyl (C=O) groups is 2. The highest BCUT2D eigenvalue weighted by Gasteiger charge is 2.40. The van der Waals surface area contributed by atoms with Crippen molar-refractivity contribution >= 4 is 89.5 Å². The zero-order chi connectivity index (χ0) is 23.3. The maximum absolute atomic E-state index is 12.8. The van der Waals surface area contributed by atoms with Gasteiger partial charge in [-0.25, -0.2) is 14.2 Å². The number of nitrogens with one attached hydrogen (secondary N) is 1. The number of carbonyl (C=O) groups excluding carboxylic acids is 1. The molecule has 172 valence electrons. The fourth-order valence-electron chi connectivity index (χ4n) is 1.48. The Hall–Kier alpha value is 0.590. The summed E-state index contributed by atoms with van der Waals surface area (Å²) in [6, 6.07) is -1.72. The van der Waals surface area contributed by atoms with Crippen molar-refractivity contribution in [2.24, 2.45) is 0 Å². The molecule has 0 saturated heterocycles. The van der Waals surface area contributed by atoms with E-state index in [0.717, 1.165) is 0 Å². The van der Waals surface area contributed by atoms with Crippen LogP contribution in [0.4, 0.5) is 4.79 Å². The molecule has 0 aromatic rings. The number of phosphoric ester groups is 1. The minimum Gasteiger partial charge on any atom is -0.480 e. The normalized spacial score (nSPS) is 15.5. The molecule has 0 unspecified atom stereocenters. The third kappa shape index (κ3) is 15.1. The second kappa shape index (κ2) is 11.5. The molecule has 0 heterocycles. The molecule has 0 aromatic carbocycles. The first kappa shape index (κ1) is 29.6. The average Bonchev–Trinajstić information content (AvgIpc) is 2.45. The molecule has 16 heteroatoms. The molecule has 1 amide bonds. The highest BCUT2D eigenvalue weighted by atomic mass is 35.6. The Morgan fingerprint density at radius 1 is 1.00 bits per heavy atom. The van der Waals surface area contributed by atoms with E-state index in [1.807, 2.05) is 0 Å². The smallest absolute Gasteiger partial charge is 0.475 e. The van der Waals surface area contributed by atoms with E-state index >= 15 is 0 Å². The Labute approximate surface area is 198 Å². The lowest BCUT2D eigenvalue weighted by Gasteiger charge is -2.28. The van der Waals surface area contributed by atoms with Crippen LogP contribution in [0.25, 0.3) is 0 Å². The van der Waals surface area contributed by atoms with Gasteiger partial charge < -0.3 is 15.2 Å². The van der Waals surface area contributed by atoms with Crippen molar-refractivity contribution in [2.75, 3.05) is 13.2 Å². The molecule has 0 spiro atoms. The lowest BCUT2D eigenvalue weighted by molar-refractivity contribution is -0.142. The number of hydrogen-bond donors (Lipinski definition) is 2. The van der Waals surface area contributed by atoms with Crippen LogP contribution >= 0.6 is 77.4 Å². The predicted molar refractivity (Wildman–Crippen MR) is 111 cm³/mol. The van der Waals surface area contributed by atoms with Gasteiger partial charge in [0.1, 0.15) is 18.8 Å². The van der Waals surface area contributed by atoms with Crippen LogP contribution in [0.1, 0.15) is 27.7 Å². The van der Waals surface area contributed by atoms with E-state index in [2.05, 4.69) is 5.32 Å². The number of carboxylic acids is 1. The quantitative estimate of drug-likeness (QED) is 0.289. The minimum atomic E-state index is -4.61. The number of halogens is 6. The SMILES string of the molecule is C[C@@H](OP(=O)(OCC(Cl)(Cl)Cl)OCC(Cl)(Cl)Cl)[C@H](NC(=O)OC(C)(C)C)C(=O)O. The zero-order valence-corrected chi connectivity index (χ0v) is 21.0. The number of alkyl carbamates (subject to hydrolysis) is 1. The number of carboxylic acid groups (broad SMARTS) is 1. The fraction of sp³-hybridized carbons (Fsp3) is 0.846. The Bertz CT molecular complexity index is 596. The van der Waals surface area contributed by atoms with E-state index in [1.165, 1.54) is 6.92 Å². The van der Waals surface area contributed by atoms with Gasteiger partial charge in [-0.05, 0) is 27.7 Å². The molecular formula is C13H20Cl6NO8P. The van der Waals surface area contributed by atoms with E-state index in [0.29, 0.717) is 0 Å². The van der Waals surface area contributed by atoms with Crippen molar-refractivity contribution in [3.8, 4) is 0 Å². The molecular weight excluding hydrogens is 542 g/mol. The van der Waals surface area contributed by atoms with E-state index in [9.17, 15) is 19.3 Å². The first-order valence-corrected chi connectivity index (χ1v) is 11.4. The second-order valence-corrected chi connectivity index (χ2v) is 13.2. The molecule has 0 saturated carbocycles. The van der Waals surface area contributed by atoms with Gasteiger partial charge in [-0.1, -0.05) is 69.6 Å². The Balaban J connectivity index is 5.39. The van der Waals surface area contributed by atoms with Crippen molar-refractivity contribution in [1.29, 1.82) is 0 Å². The number of aliphatic carboxylic acids is 1. The molecule has 0 radical (unpaired) electrons. The van der Waals surface area contributed by atoms with Crippen molar-refractivity contribution < 1.29 is 37.6 Å². The first-order chi connectivity index (χ1) is 12.7. The van der Waals surface area contributed by atoms with Crippen molar-refractivity contribution in [3.05, 3.63) is 0 Å². The van der Waals surface area contributed by atoms with Gasteiger partial charge in [-0.2, -0.15) is 0 Å². The highest BCUT2D eigenvalue weighted by molar-refractivity contribution is 7.48. The number of hydrogen-bond acceptors (Lipinski definition) is 7. The third-order valence-corrected chi connectivity index (χ3v) is 4.61. The summed E-state index contributed by atoms with van der Waals surface area (Å²) in [6.45, 7) is 4.36. The summed E-state index contributed by atoms with van der Waals surface area (Å²) in [5, 5.41) is 11.4. The lowest BCUT2D eigenvalue weighted by atomic mass is 10.2. The highest BCUT2D eigenvalue weighted by Crippen LogP contribution is 2.53. The Morgan fingerprint density at radius 2 is 1.41 bits per heavy atom. The Kier molecular flexibility index (Phi) is 11.7. The van der Waals surface area contributed by atoms with Crippen LogP contribution in [0.5, 0.6) is 0 Å². The maximum Gasteiger partial charge on any atom is 0.475 e.